The van der Waals surface area contributed by atoms with E-state index in [1.165, 1.54) is 7.11 Å². The minimum atomic E-state index is -0.652. The Labute approximate surface area is 97.0 Å². The van der Waals surface area contributed by atoms with E-state index < -0.39 is 5.54 Å². The second-order valence-electron chi connectivity index (χ2n) is 4.53. The minimum absolute atomic E-state index is 0.0284. The molecule has 1 N–H and O–H groups in total. The van der Waals surface area contributed by atoms with E-state index in [9.17, 15) is 10.1 Å². The molecule has 0 heterocycles. The maximum Gasteiger partial charge on any atom is 0.247 e. The first-order valence-corrected chi connectivity index (χ1v) is 5.87. The van der Waals surface area contributed by atoms with E-state index in [4.69, 9.17) is 4.74 Å². The quantitative estimate of drug-likeness (QED) is 0.789. The Kier molecular flexibility index (Phi) is 4.75. The van der Waals surface area contributed by atoms with Crippen molar-refractivity contribution in [1.82, 2.24) is 5.32 Å². The van der Waals surface area contributed by atoms with Crippen molar-refractivity contribution in [2.24, 2.45) is 5.92 Å². The molecule has 0 aliphatic heterocycles. The molecule has 1 amide bonds. The van der Waals surface area contributed by atoms with Crippen LogP contribution in [0.15, 0.2) is 0 Å². The number of hydrogen-bond acceptors (Lipinski definition) is 3. The highest BCUT2D eigenvalue weighted by Gasteiger charge is 2.36. The summed E-state index contributed by atoms with van der Waals surface area (Å²) in [5.74, 6) is 0.514. The van der Waals surface area contributed by atoms with Gasteiger partial charge in [0.1, 0.15) is 12.1 Å². The molecule has 1 rings (SSSR count). The number of nitrogens with one attached hydrogen (secondary N) is 1. The molecule has 0 aromatic rings. The molecule has 0 spiro atoms. The lowest BCUT2D eigenvalue weighted by atomic mass is 9.76. The van der Waals surface area contributed by atoms with E-state index >= 15 is 0 Å². The Morgan fingerprint density at radius 3 is 2.62 bits per heavy atom. The van der Waals surface area contributed by atoms with Crippen LogP contribution in [0.2, 0.25) is 0 Å². The van der Waals surface area contributed by atoms with Crippen LogP contribution < -0.4 is 5.32 Å². The third-order valence-electron chi connectivity index (χ3n) is 3.40. The SMILES string of the molecule is CCC1CCC(C#N)(NC(=O)COC)CC1. The van der Waals surface area contributed by atoms with Crippen LogP contribution in [0.25, 0.3) is 0 Å². The highest BCUT2D eigenvalue weighted by Crippen LogP contribution is 2.33. The number of nitrogens with zero attached hydrogens (tertiary/aromatic N) is 1. The zero-order valence-electron chi connectivity index (χ0n) is 10.1. The van der Waals surface area contributed by atoms with Crippen LogP contribution in [0.5, 0.6) is 0 Å². The molecule has 90 valence electrons. The number of carbonyl (C=O) groups excluding carboxylic acids is 1. The molecular weight excluding hydrogens is 204 g/mol. The van der Waals surface area contributed by atoms with Crippen LogP contribution >= 0.6 is 0 Å². The average Bonchev–Trinajstić information content (AvgIpc) is 2.30. The van der Waals surface area contributed by atoms with Crippen LogP contribution in [0.4, 0.5) is 0 Å². The molecule has 0 aromatic carbocycles. The van der Waals surface area contributed by atoms with Crippen LogP contribution in [-0.2, 0) is 9.53 Å². The van der Waals surface area contributed by atoms with Crippen molar-refractivity contribution in [3.63, 3.8) is 0 Å². The molecule has 1 saturated carbocycles. The minimum Gasteiger partial charge on any atom is -0.375 e. The van der Waals surface area contributed by atoms with Crippen molar-refractivity contribution in [3.05, 3.63) is 0 Å². The summed E-state index contributed by atoms with van der Waals surface area (Å²) in [4.78, 5) is 11.4. The van der Waals surface area contributed by atoms with Gasteiger partial charge >= 0.3 is 0 Å². The smallest absolute Gasteiger partial charge is 0.247 e. The van der Waals surface area contributed by atoms with Crippen molar-refractivity contribution in [1.29, 1.82) is 5.26 Å². The first-order valence-electron chi connectivity index (χ1n) is 5.87. The van der Waals surface area contributed by atoms with E-state index in [0.717, 1.165) is 32.1 Å². The molecule has 0 bridgehead atoms. The van der Waals surface area contributed by atoms with Crippen LogP contribution in [0.3, 0.4) is 0 Å². The van der Waals surface area contributed by atoms with Gasteiger partial charge in [-0.2, -0.15) is 5.26 Å². The normalized spacial score (nSPS) is 29.4. The Morgan fingerprint density at radius 1 is 1.56 bits per heavy atom. The maximum absolute atomic E-state index is 11.4. The van der Waals surface area contributed by atoms with Gasteiger partial charge in [-0.15, -0.1) is 0 Å². The van der Waals surface area contributed by atoms with Crippen molar-refractivity contribution in [2.45, 2.75) is 44.6 Å². The second-order valence-corrected chi connectivity index (χ2v) is 4.53. The summed E-state index contributed by atoms with van der Waals surface area (Å²) in [6.07, 6.45) is 4.73. The highest BCUT2D eigenvalue weighted by molar-refractivity contribution is 5.78. The number of carbonyl (C=O) groups is 1. The summed E-state index contributed by atoms with van der Waals surface area (Å²) in [6.45, 7) is 2.20. The number of ether oxygens (including phenoxy) is 1. The van der Waals surface area contributed by atoms with Gasteiger partial charge in [-0.05, 0) is 31.6 Å². The fraction of sp³-hybridized carbons (Fsp3) is 0.833. The summed E-state index contributed by atoms with van der Waals surface area (Å²) < 4.78 is 4.76. The van der Waals surface area contributed by atoms with Gasteiger partial charge in [-0.25, -0.2) is 0 Å². The average molecular weight is 224 g/mol. The first kappa shape index (κ1) is 13.0. The Balaban J connectivity index is 2.53. The lowest BCUT2D eigenvalue weighted by molar-refractivity contribution is -0.126. The number of hydrogen-bond donors (Lipinski definition) is 1. The van der Waals surface area contributed by atoms with Gasteiger partial charge in [0.05, 0.1) is 6.07 Å². The van der Waals surface area contributed by atoms with Gasteiger partial charge in [0.25, 0.3) is 0 Å². The fourth-order valence-corrected chi connectivity index (χ4v) is 2.28. The van der Waals surface area contributed by atoms with Crippen LogP contribution in [-0.4, -0.2) is 25.2 Å². The monoisotopic (exact) mass is 224 g/mol. The Bertz CT molecular complexity index is 275. The van der Waals surface area contributed by atoms with Gasteiger partial charge in [-0.1, -0.05) is 13.3 Å². The molecule has 4 heteroatoms. The molecular formula is C12H20N2O2. The largest absolute Gasteiger partial charge is 0.375 e. The molecule has 0 aromatic heterocycles. The lowest BCUT2D eigenvalue weighted by Crippen LogP contribution is -2.50. The van der Waals surface area contributed by atoms with Crippen molar-refractivity contribution >= 4 is 5.91 Å². The molecule has 4 nitrogen and oxygen atoms in total. The molecule has 16 heavy (non-hydrogen) atoms. The third-order valence-corrected chi connectivity index (χ3v) is 3.40. The van der Waals surface area contributed by atoms with E-state index in [-0.39, 0.29) is 12.5 Å². The number of methoxy groups -OCH3 is 1. The van der Waals surface area contributed by atoms with E-state index in [1.54, 1.807) is 0 Å². The summed E-state index contributed by atoms with van der Waals surface area (Å²) in [5.41, 5.74) is -0.652. The predicted molar refractivity (Wildman–Crippen MR) is 60.6 cm³/mol. The highest BCUT2D eigenvalue weighted by atomic mass is 16.5. The van der Waals surface area contributed by atoms with Crippen LogP contribution in [0.1, 0.15) is 39.0 Å². The number of amides is 1. The summed E-state index contributed by atoms with van der Waals surface area (Å²) in [6, 6.07) is 2.26. The molecule has 1 aliphatic carbocycles. The number of rotatable bonds is 4. The summed E-state index contributed by atoms with van der Waals surface area (Å²) in [5, 5.41) is 12.0. The van der Waals surface area contributed by atoms with E-state index in [0.29, 0.717) is 5.92 Å². The number of nitriles is 1. The maximum atomic E-state index is 11.4. The van der Waals surface area contributed by atoms with Gasteiger partial charge in [0.15, 0.2) is 0 Å². The topological polar surface area (TPSA) is 62.1 Å². The predicted octanol–water partition coefficient (Wildman–Crippen LogP) is 1.61. The van der Waals surface area contributed by atoms with Gasteiger partial charge in [-0.3, -0.25) is 4.79 Å². The molecule has 1 fully saturated rings. The molecule has 0 saturated heterocycles. The van der Waals surface area contributed by atoms with Gasteiger partial charge < -0.3 is 10.1 Å². The molecule has 0 unspecified atom stereocenters. The van der Waals surface area contributed by atoms with Crippen molar-refractivity contribution < 1.29 is 9.53 Å². The van der Waals surface area contributed by atoms with Crippen molar-refractivity contribution in [2.75, 3.05) is 13.7 Å². The standard InChI is InChI=1S/C12H20N2O2/c1-3-10-4-6-12(9-13,7-5-10)14-11(15)8-16-2/h10H,3-8H2,1-2H3,(H,14,15). The first-order chi connectivity index (χ1) is 7.65. The van der Waals surface area contributed by atoms with Crippen molar-refractivity contribution in [3.8, 4) is 6.07 Å². The summed E-state index contributed by atoms with van der Waals surface area (Å²) in [7, 11) is 1.48. The zero-order valence-corrected chi connectivity index (χ0v) is 10.1. The summed E-state index contributed by atoms with van der Waals surface area (Å²) >= 11 is 0. The van der Waals surface area contributed by atoms with Gasteiger partial charge in [0.2, 0.25) is 5.91 Å². The Morgan fingerprint density at radius 2 is 2.19 bits per heavy atom. The molecule has 0 atom stereocenters. The van der Waals surface area contributed by atoms with Crippen LogP contribution in [0, 0.1) is 17.2 Å². The Hall–Kier alpha value is -1.08. The fourth-order valence-electron chi connectivity index (χ4n) is 2.28. The third kappa shape index (κ3) is 3.21. The lowest BCUT2D eigenvalue weighted by Gasteiger charge is -2.35. The zero-order chi connectivity index (χ0) is 12.0. The van der Waals surface area contributed by atoms with Gasteiger partial charge in [0, 0.05) is 7.11 Å². The van der Waals surface area contributed by atoms with E-state index in [1.807, 2.05) is 0 Å². The molecule has 1 aliphatic rings. The molecule has 0 radical (unpaired) electrons. The van der Waals surface area contributed by atoms with E-state index in [2.05, 4.69) is 18.3 Å². The second kappa shape index (κ2) is 5.86.